The Bertz CT molecular complexity index is 469. The van der Waals surface area contributed by atoms with Gasteiger partial charge in [-0.1, -0.05) is 6.07 Å². The number of ether oxygens (including phenoxy) is 1. The van der Waals surface area contributed by atoms with Crippen LogP contribution in [0.2, 0.25) is 0 Å². The van der Waals surface area contributed by atoms with E-state index in [0.29, 0.717) is 5.92 Å². The minimum atomic E-state index is 0.663. The lowest BCUT2D eigenvalue weighted by Gasteiger charge is -2.21. The van der Waals surface area contributed by atoms with Crippen molar-refractivity contribution in [3.63, 3.8) is 0 Å². The van der Waals surface area contributed by atoms with Crippen molar-refractivity contribution in [1.82, 2.24) is 14.7 Å². The lowest BCUT2D eigenvalue weighted by molar-refractivity contribution is 0.0547. The summed E-state index contributed by atoms with van der Waals surface area (Å²) >= 11 is 0. The standard InChI is InChI=1S/C14H19N3O/c1-2-6-17-10-13(16-14(17)5-1)9-15-8-12-4-3-7-18-11-12/h1-2,5-6,10,12,15H,3-4,7-9,11H2. The zero-order chi connectivity index (χ0) is 12.2. The molecule has 18 heavy (non-hydrogen) atoms. The molecule has 1 fully saturated rings. The summed E-state index contributed by atoms with van der Waals surface area (Å²) in [6, 6.07) is 6.06. The van der Waals surface area contributed by atoms with E-state index in [4.69, 9.17) is 4.74 Å². The molecule has 1 aliphatic heterocycles. The molecule has 1 aliphatic rings. The summed E-state index contributed by atoms with van der Waals surface area (Å²) in [5.74, 6) is 0.663. The highest BCUT2D eigenvalue weighted by molar-refractivity contribution is 5.39. The van der Waals surface area contributed by atoms with Gasteiger partial charge in [0.15, 0.2) is 0 Å². The monoisotopic (exact) mass is 245 g/mol. The second-order valence-corrected chi connectivity index (χ2v) is 4.91. The van der Waals surface area contributed by atoms with Gasteiger partial charge in [-0.05, 0) is 30.9 Å². The fourth-order valence-electron chi connectivity index (χ4n) is 2.45. The molecule has 2 aromatic heterocycles. The number of aromatic nitrogens is 2. The van der Waals surface area contributed by atoms with Crippen LogP contribution in [-0.2, 0) is 11.3 Å². The summed E-state index contributed by atoms with van der Waals surface area (Å²) in [5, 5.41) is 3.48. The number of rotatable bonds is 4. The first-order chi connectivity index (χ1) is 8.92. The van der Waals surface area contributed by atoms with Crippen molar-refractivity contribution < 1.29 is 4.74 Å². The SMILES string of the molecule is c1ccn2cc(CNCC3CCCOC3)nc2c1. The molecule has 4 heteroatoms. The molecule has 4 nitrogen and oxygen atoms in total. The molecule has 3 rings (SSSR count). The van der Waals surface area contributed by atoms with Crippen molar-refractivity contribution in [1.29, 1.82) is 0 Å². The molecule has 0 aliphatic carbocycles. The van der Waals surface area contributed by atoms with E-state index in [9.17, 15) is 0 Å². The molecule has 0 amide bonds. The normalized spacial score (nSPS) is 20.3. The zero-order valence-electron chi connectivity index (χ0n) is 10.5. The summed E-state index contributed by atoms with van der Waals surface area (Å²) in [4.78, 5) is 4.56. The summed E-state index contributed by atoms with van der Waals surface area (Å²) in [6.07, 6.45) is 6.58. The average molecular weight is 245 g/mol. The number of fused-ring (bicyclic) bond motifs is 1. The van der Waals surface area contributed by atoms with Gasteiger partial charge in [0, 0.05) is 32.1 Å². The minimum absolute atomic E-state index is 0.663. The summed E-state index contributed by atoms with van der Waals surface area (Å²) < 4.78 is 7.53. The van der Waals surface area contributed by atoms with Crippen LogP contribution >= 0.6 is 0 Å². The molecule has 1 N–H and O–H groups in total. The second kappa shape index (κ2) is 5.50. The Labute approximate surface area is 107 Å². The predicted octanol–water partition coefficient (Wildman–Crippen LogP) is 1.85. The van der Waals surface area contributed by atoms with Crippen molar-refractivity contribution >= 4 is 5.65 Å². The summed E-state index contributed by atoms with van der Waals surface area (Å²) in [5.41, 5.74) is 2.10. The van der Waals surface area contributed by atoms with Crippen molar-refractivity contribution in [2.45, 2.75) is 19.4 Å². The van der Waals surface area contributed by atoms with Crippen molar-refractivity contribution in [3.8, 4) is 0 Å². The van der Waals surface area contributed by atoms with Crippen LogP contribution in [0.3, 0.4) is 0 Å². The van der Waals surface area contributed by atoms with E-state index >= 15 is 0 Å². The maximum atomic E-state index is 5.47. The van der Waals surface area contributed by atoms with Crippen LogP contribution in [0.4, 0.5) is 0 Å². The number of hydrogen-bond donors (Lipinski definition) is 1. The van der Waals surface area contributed by atoms with E-state index in [0.717, 1.165) is 37.6 Å². The molecular weight excluding hydrogens is 226 g/mol. The van der Waals surface area contributed by atoms with Gasteiger partial charge in [0.1, 0.15) is 5.65 Å². The first-order valence-electron chi connectivity index (χ1n) is 6.63. The Morgan fingerprint density at radius 1 is 1.44 bits per heavy atom. The van der Waals surface area contributed by atoms with E-state index in [1.54, 1.807) is 0 Å². The second-order valence-electron chi connectivity index (χ2n) is 4.91. The predicted molar refractivity (Wildman–Crippen MR) is 70.4 cm³/mol. The molecular formula is C14H19N3O. The fraction of sp³-hybridized carbons (Fsp3) is 0.500. The van der Waals surface area contributed by atoms with Gasteiger partial charge >= 0.3 is 0 Å². The van der Waals surface area contributed by atoms with E-state index < -0.39 is 0 Å². The maximum absolute atomic E-state index is 5.47. The third-order valence-electron chi connectivity index (χ3n) is 3.41. The highest BCUT2D eigenvalue weighted by Crippen LogP contribution is 2.12. The Hall–Kier alpha value is -1.39. The Kier molecular flexibility index (Phi) is 3.57. The topological polar surface area (TPSA) is 38.6 Å². The van der Waals surface area contributed by atoms with Gasteiger partial charge in [-0.25, -0.2) is 4.98 Å². The quantitative estimate of drug-likeness (QED) is 0.893. The fourth-order valence-corrected chi connectivity index (χ4v) is 2.45. The largest absolute Gasteiger partial charge is 0.381 e. The van der Waals surface area contributed by atoms with Gasteiger partial charge in [0.2, 0.25) is 0 Å². The van der Waals surface area contributed by atoms with Gasteiger partial charge < -0.3 is 14.5 Å². The summed E-state index contributed by atoms with van der Waals surface area (Å²) in [7, 11) is 0. The van der Waals surface area contributed by atoms with E-state index in [-0.39, 0.29) is 0 Å². The van der Waals surface area contributed by atoms with E-state index in [2.05, 4.69) is 20.9 Å². The first-order valence-corrected chi connectivity index (χ1v) is 6.63. The Balaban J connectivity index is 1.53. The van der Waals surface area contributed by atoms with Crippen LogP contribution in [0.15, 0.2) is 30.6 Å². The number of pyridine rings is 1. The van der Waals surface area contributed by atoms with Gasteiger partial charge in [-0.15, -0.1) is 0 Å². The molecule has 0 spiro atoms. The third kappa shape index (κ3) is 2.71. The van der Waals surface area contributed by atoms with Crippen LogP contribution in [-0.4, -0.2) is 29.1 Å². The molecule has 3 heterocycles. The molecule has 1 unspecified atom stereocenters. The van der Waals surface area contributed by atoms with Crippen molar-refractivity contribution in [2.75, 3.05) is 19.8 Å². The number of nitrogens with zero attached hydrogens (tertiary/aromatic N) is 2. The maximum Gasteiger partial charge on any atom is 0.137 e. The first kappa shape index (κ1) is 11.7. The van der Waals surface area contributed by atoms with Crippen LogP contribution in [0, 0.1) is 5.92 Å². The van der Waals surface area contributed by atoms with E-state index in [1.165, 1.54) is 12.8 Å². The minimum Gasteiger partial charge on any atom is -0.381 e. The molecule has 1 saturated heterocycles. The lowest BCUT2D eigenvalue weighted by atomic mass is 10.0. The number of imidazole rings is 1. The summed E-state index contributed by atoms with van der Waals surface area (Å²) in [6.45, 7) is 3.69. The molecule has 96 valence electrons. The number of nitrogens with one attached hydrogen (secondary N) is 1. The Morgan fingerprint density at radius 3 is 3.28 bits per heavy atom. The molecule has 0 radical (unpaired) electrons. The molecule has 2 aromatic rings. The van der Waals surface area contributed by atoms with Gasteiger partial charge in [-0.3, -0.25) is 0 Å². The number of hydrogen-bond acceptors (Lipinski definition) is 3. The van der Waals surface area contributed by atoms with Gasteiger partial charge in [0.05, 0.1) is 12.3 Å². The lowest BCUT2D eigenvalue weighted by Crippen LogP contribution is -2.28. The van der Waals surface area contributed by atoms with Gasteiger partial charge in [0.25, 0.3) is 0 Å². The van der Waals surface area contributed by atoms with Gasteiger partial charge in [-0.2, -0.15) is 0 Å². The Morgan fingerprint density at radius 2 is 2.44 bits per heavy atom. The smallest absolute Gasteiger partial charge is 0.137 e. The molecule has 0 bridgehead atoms. The van der Waals surface area contributed by atoms with Crippen LogP contribution in [0.5, 0.6) is 0 Å². The zero-order valence-corrected chi connectivity index (χ0v) is 10.5. The van der Waals surface area contributed by atoms with Crippen molar-refractivity contribution in [2.24, 2.45) is 5.92 Å². The molecule has 0 saturated carbocycles. The van der Waals surface area contributed by atoms with Crippen LogP contribution in [0.1, 0.15) is 18.5 Å². The molecule has 1 atom stereocenters. The third-order valence-corrected chi connectivity index (χ3v) is 3.41. The van der Waals surface area contributed by atoms with Crippen LogP contribution in [0.25, 0.3) is 5.65 Å². The highest BCUT2D eigenvalue weighted by atomic mass is 16.5. The van der Waals surface area contributed by atoms with Crippen LogP contribution < -0.4 is 5.32 Å². The van der Waals surface area contributed by atoms with E-state index in [1.807, 2.05) is 24.4 Å². The highest BCUT2D eigenvalue weighted by Gasteiger charge is 2.13. The average Bonchev–Trinajstić information content (AvgIpc) is 2.82. The van der Waals surface area contributed by atoms with Crippen molar-refractivity contribution in [3.05, 3.63) is 36.3 Å². The molecule has 0 aromatic carbocycles.